The van der Waals surface area contributed by atoms with Crippen LogP contribution >= 0.6 is 0 Å². The minimum Gasteiger partial charge on any atom is -0.376 e. The Balaban J connectivity index is 1.94. The molecule has 0 spiro atoms. The predicted octanol–water partition coefficient (Wildman–Crippen LogP) is 2.24. The van der Waals surface area contributed by atoms with Crippen LogP contribution in [0.4, 0.5) is 0 Å². The lowest BCUT2D eigenvalue weighted by atomic mass is 10.1. The second kappa shape index (κ2) is 6.54. The highest BCUT2D eigenvalue weighted by molar-refractivity contribution is 5.97. The van der Waals surface area contributed by atoms with Crippen molar-refractivity contribution < 1.29 is 9.53 Å². The summed E-state index contributed by atoms with van der Waals surface area (Å²) in [6.45, 7) is 5.84. The van der Waals surface area contributed by atoms with Crippen molar-refractivity contribution in [3.63, 3.8) is 0 Å². The molecule has 1 amide bonds. The van der Waals surface area contributed by atoms with Crippen LogP contribution in [0.2, 0.25) is 0 Å². The molecule has 1 aromatic heterocycles. The van der Waals surface area contributed by atoms with E-state index in [0.29, 0.717) is 18.5 Å². The number of aryl methyl sites for hydroxylation is 2. The van der Waals surface area contributed by atoms with Gasteiger partial charge in [0.05, 0.1) is 11.6 Å². The summed E-state index contributed by atoms with van der Waals surface area (Å²) in [6, 6.07) is 5.76. The quantitative estimate of drug-likeness (QED) is 0.941. The molecule has 0 radical (unpaired) electrons. The van der Waals surface area contributed by atoms with E-state index < -0.39 is 0 Å². The monoisotopic (exact) mass is 314 g/mol. The molecule has 1 aromatic carbocycles. The molecule has 1 atom stereocenters. The summed E-state index contributed by atoms with van der Waals surface area (Å²) in [5.74, 6) is -0.323. The molecule has 0 bridgehead atoms. The summed E-state index contributed by atoms with van der Waals surface area (Å²) in [4.78, 5) is 25.1. The van der Waals surface area contributed by atoms with Crippen molar-refractivity contribution in [2.45, 2.75) is 39.3 Å². The number of benzene rings is 1. The van der Waals surface area contributed by atoms with Gasteiger partial charge in [0.25, 0.3) is 5.91 Å². The third-order valence-electron chi connectivity index (χ3n) is 4.34. The van der Waals surface area contributed by atoms with Crippen LogP contribution in [-0.2, 0) is 11.3 Å². The number of ether oxygens (including phenoxy) is 1. The Hall–Kier alpha value is -2.14. The molecule has 122 valence electrons. The maximum absolute atomic E-state index is 12.7. The number of carbonyl (C=O) groups is 1. The lowest BCUT2D eigenvalue weighted by Gasteiger charge is -2.14. The van der Waals surface area contributed by atoms with Crippen LogP contribution in [0.25, 0.3) is 10.9 Å². The number of pyridine rings is 1. The van der Waals surface area contributed by atoms with Crippen molar-refractivity contribution in [1.29, 1.82) is 0 Å². The van der Waals surface area contributed by atoms with Crippen molar-refractivity contribution in [2.24, 2.45) is 0 Å². The molecule has 2 heterocycles. The third kappa shape index (κ3) is 3.15. The number of nitrogens with zero attached hydrogens (tertiary/aromatic N) is 1. The fraction of sp³-hybridized carbons (Fsp3) is 0.444. The van der Waals surface area contributed by atoms with Gasteiger partial charge in [-0.15, -0.1) is 0 Å². The van der Waals surface area contributed by atoms with Gasteiger partial charge in [0, 0.05) is 31.3 Å². The van der Waals surface area contributed by atoms with E-state index in [9.17, 15) is 9.59 Å². The molecule has 1 aliphatic rings. The predicted molar refractivity (Wildman–Crippen MR) is 89.9 cm³/mol. The van der Waals surface area contributed by atoms with Crippen LogP contribution in [0.1, 0.15) is 35.7 Å². The molecule has 0 unspecified atom stereocenters. The van der Waals surface area contributed by atoms with Crippen molar-refractivity contribution in [3.05, 3.63) is 45.7 Å². The van der Waals surface area contributed by atoms with Gasteiger partial charge in [-0.2, -0.15) is 0 Å². The number of hydrogen-bond donors (Lipinski definition) is 1. The van der Waals surface area contributed by atoms with Gasteiger partial charge >= 0.3 is 0 Å². The minimum atomic E-state index is -0.323. The van der Waals surface area contributed by atoms with E-state index in [1.807, 2.05) is 36.6 Å². The molecule has 1 saturated heterocycles. The summed E-state index contributed by atoms with van der Waals surface area (Å²) in [5.41, 5.74) is 1.86. The van der Waals surface area contributed by atoms with E-state index in [4.69, 9.17) is 4.74 Å². The number of rotatable bonds is 4. The Kier molecular flexibility index (Phi) is 4.48. The average molecular weight is 314 g/mol. The van der Waals surface area contributed by atoms with Crippen LogP contribution in [-0.4, -0.2) is 29.7 Å². The van der Waals surface area contributed by atoms with E-state index >= 15 is 0 Å². The lowest BCUT2D eigenvalue weighted by molar-refractivity contribution is 0.0856. The second-order valence-electron chi connectivity index (χ2n) is 6.02. The van der Waals surface area contributed by atoms with Gasteiger partial charge in [0.2, 0.25) is 5.43 Å². The second-order valence-corrected chi connectivity index (χ2v) is 6.02. The first kappa shape index (κ1) is 15.7. The summed E-state index contributed by atoms with van der Waals surface area (Å²) in [7, 11) is 0. The van der Waals surface area contributed by atoms with Gasteiger partial charge in [0.15, 0.2) is 0 Å². The molecule has 1 N–H and O–H groups in total. The number of hydrogen-bond acceptors (Lipinski definition) is 3. The SMILES string of the molecule is CCn1cc(C(=O)NC[C@@H]2CCCO2)c(=O)c2cc(C)ccc21. The van der Waals surface area contributed by atoms with Crippen LogP contribution in [0.5, 0.6) is 0 Å². The molecule has 1 aliphatic heterocycles. The Bertz CT molecular complexity index is 789. The van der Waals surface area contributed by atoms with Crippen molar-refractivity contribution in [2.75, 3.05) is 13.2 Å². The molecule has 3 rings (SSSR count). The largest absolute Gasteiger partial charge is 0.376 e. The summed E-state index contributed by atoms with van der Waals surface area (Å²) >= 11 is 0. The summed E-state index contributed by atoms with van der Waals surface area (Å²) in [6.07, 6.45) is 3.70. The third-order valence-corrected chi connectivity index (χ3v) is 4.34. The number of fused-ring (bicyclic) bond motifs is 1. The highest BCUT2D eigenvalue weighted by Crippen LogP contribution is 2.15. The number of nitrogens with one attached hydrogen (secondary N) is 1. The molecular formula is C18H22N2O3. The lowest BCUT2D eigenvalue weighted by Crippen LogP contribution is -2.35. The zero-order valence-electron chi connectivity index (χ0n) is 13.6. The fourth-order valence-corrected chi connectivity index (χ4v) is 3.04. The molecule has 5 heteroatoms. The van der Waals surface area contributed by atoms with E-state index in [0.717, 1.165) is 30.5 Å². The van der Waals surface area contributed by atoms with E-state index in [-0.39, 0.29) is 23.0 Å². The van der Waals surface area contributed by atoms with Gasteiger partial charge in [0.1, 0.15) is 5.56 Å². The molecule has 0 aliphatic carbocycles. The van der Waals surface area contributed by atoms with Crippen LogP contribution < -0.4 is 10.7 Å². The summed E-state index contributed by atoms with van der Waals surface area (Å²) < 4.78 is 7.44. The van der Waals surface area contributed by atoms with Gasteiger partial charge in [-0.3, -0.25) is 9.59 Å². The first-order chi connectivity index (χ1) is 11.1. The van der Waals surface area contributed by atoms with Gasteiger partial charge in [-0.1, -0.05) is 11.6 Å². The molecule has 5 nitrogen and oxygen atoms in total. The summed E-state index contributed by atoms with van der Waals surface area (Å²) in [5, 5.41) is 3.43. The molecular weight excluding hydrogens is 292 g/mol. The van der Waals surface area contributed by atoms with E-state index in [1.165, 1.54) is 0 Å². The number of carbonyl (C=O) groups excluding carboxylic acids is 1. The Morgan fingerprint density at radius 3 is 2.96 bits per heavy atom. The topological polar surface area (TPSA) is 60.3 Å². The van der Waals surface area contributed by atoms with Crippen LogP contribution in [0.3, 0.4) is 0 Å². The standard InChI is InChI=1S/C18H22N2O3/c1-3-20-11-15(18(22)19-10-13-5-4-8-23-13)17(21)14-9-12(2)6-7-16(14)20/h6-7,9,11,13H,3-5,8,10H2,1-2H3,(H,19,22)/t13-/m0/s1. The maximum Gasteiger partial charge on any atom is 0.256 e. The van der Waals surface area contributed by atoms with Gasteiger partial charge < -0.3 is 14.6 Å². The first-order valence-electron chi connectivity index (χ1n) is 8.13. The first-order valence-corrected chi connectivity index (χ1v) is 8.13. The molecule has 1 fully saturated rings. The highest BCUT2D eigenvalue weighted by atomic mass is 16.5. The molecule has 2 aromatic rings. The maximum atomic E-state index is 12.7. The highest BCUT2D eigenvalue weighted by Gasteiger charge is 2.19. The molecule has 23 heavy (non-hydrogen) atoms. The minimum absolute atomic E-state index is 0.0649. The van der Waals surface area contributed by atoms with Gasteiger partial charge in [-0.25, -0.2) is 0 Å². The van der Waals surface area contributed by atoms with Crippen molar-refractivity contribution in [1.82, 2.24) is 9.88 Å². The zero-order valence-corrected chi connectivity index (χ0v) is 13.6. The molecule has 0 saturated carbocycles. The van der Waals surface area contributed by atoms with Crippen molar-refractivity contribution in [3.8, 4) is 0 Å². The Morgan fingerprint density at radius 1 is 1.43 bits per heavy atom. The normalized spacial score (nSPS) is 17.6. The zero-order chi connectivity index (χ0) is 16.4. The van der Waals surface area contributed by atoms with E-state index in [1.54, 1.807) is 6.20 Å². The smallest absolute Gasteiger partial charge is 0.256 e. The van der Waals surface area contributed by atoms with Crippen LogP contribution in [0.15, 0.2) is 29.2 Å². The fourth-order valence-electron chi connectivity index (χ4n) is 3.04. The number of aromatic nitrogens is 1. The average Bonchev–Trinajstić information content (AvgIpc) is 3.07. The Morgan fingerprint density at radius 2 is 2.26 bits per heavy atom. The van der Waals surface area contributed by atoms with Crippen molar-refractivity contribution >= 4 is 16.8 Å². The Labute approximate surface area is 135 Å². The van der Waals surface area contributed by atoms with Gasteiger partial charge in [-0.05, 0) is 38.8 Å². The van der Waals surface area contributed by atoms with E-state index in [2.05, 4.69) is 5.32 Å². The van der Waals surface area contributed by atoms with Crippen LogP contribution in [0, 0.1) is 6.92 Å². The number of amides is 1.